The van der Waals surface area contributed by atoms with Gasteiger partial charge < -0.3 is 5.32 Å². The summed E-state index contributed by atoms with van der Waals surface area (Å²) in [5.41, 5.74) is 4.31. The van der Waals surface area contributed by atoms with Crippen LogP contribution < -0.4 is 5.32 Å². The van der Waals surface area contributed by atoms with Crippen LogP contribution in [-0.2, 0) is 13.0 Å². The maximum absolute atomic E-state index is 4.63. The van der Waals surface area contributed by atoms with E-state index in [1.54, 1.807) is 6.20 Å². The number of rotatable bonds is 1. The molecular weight excluding hydrogens is 212 g/mol. The van der Waals surface area contributed by atoms with Crippen molar-refractivity contribution in [3.63, 3.8) is 0 Å². The van der Waals surface area contributed by atoms with Crippen molar-refractivity contribution in [3.05, 3.63) is 41.3 Å². The second-order valence-corrected chi connectivity index (χ2v) is 4.20. The topological polar surface area (TPSA) is 50.7 Å². The van der Waals surface area contributed by atoms with E-state index in [0.717, 1.165) is 42.4 Å². The maximum Gasteiger partial charge on any atom is 0.178 e. The molecule has 0 aliphatic carbocycles. The first-order valence-corrected chi connectivity index (χ1v) is 5.83. The molecule has 1 aliphatic heterocycles. The summed E-state index contributed by atoms with van der Waals surface area (Å²) in [5, 5.41) is 3.35. The number of hydrogen-bond donors (Lipinski definition) is 1. The Morgan fingerprint density at radius 1 is 1.24 bits per heavy atom. The lowest BCUT2D eigenvalue weighted by molar-refractivity contribution is 0.621. The molecule has 0 unspecified atom stereocenters. The number of pyridine rings is 1. The van der Waals surface area contributed by atoms with Crippen molar-refractivity contribution < 1.29 is 0 Å². The van der Waals surface area contributed by atoms with E-state index in [0.29, 0.717) is 0 Å². The number of aryl methyl sites for hydroxylation is 1. The van der Waals surface area contributed by atoms with Crippen LogP contribution in [0.15, 0.2) is 24.4 Å². The van der Waals surface area contributed by atoms with Crippen molar-refractivity contribution in [2.24, 2.45) is 0 Å². The third kappa shape index (κ3) is 1.91. The molecule has 0 saturated carbocycles. The molecule has 0 spiro atoms. The van der Waals surface area contributed by atoms with Gasteiger partial charge >= 0.3 is 0 Å². The van der Waals surface area contributed by atoms with Crippen LogP contribution in [-0.4, -0.2) is 21.5 Å². The number of hydrogen-bond acceptors (Lipinski definition) is 4. The van der Waals surface area contributed by atoms with Gasteiger partial charge in [0.1, 0.15) is 5.69 Å². The Kier molecular flexibility index (Phi) is 2.57. The van der Waals surface area contributed by atoms with Crippen molar-refractivity contribution in [1.29, 1.82) is 0 Å². The minimum Gasteiger partial charge on any atom is -0.312 e. The zero-order chi connectivity index (χ0) is 11.7. The Balaban J connectivity index is 2.11. The lowest BCUT2D eigenvalue weighted by Crippen LogP contribution is -2.26. The lowest BCUT2D eigenvalue weighted by Gasteiger charge is -2.18. The van der Waals surface area contributed by atoms with Crippen LogP contribution in [0.2, 0.25) is 0 Å². The van der Waals surface area contributed by atoms with Crippen LogP contribution in [0.5, 0.6) is 0 Å². The van der Waals surface area contributed by atoms with Crippen molar-refractivity contribution in [2.45, 2.75) is 19.9 Å². The zero-order valence-corrected chi connectivity index (χ0v) is 9.77. The van der Waals surface area contributed by atoms with Gasteiger partial charge in [0.2, 0.25) is 0 Å². The Labute approximate surface area is 100 Å². The summed E-state index contributed by atoms with van der Waals surface area (Å²) in [6.07, 6.45) is 2.74. The third-order valence-corrected chi connectivity index (χ3v) is 3.03. The fourth-order valence-electron chi connectivity index (χ4n) is 2.12. The molecule has 0 saturated heterocycles. The van der Waals surface area contributed by atoms with Gasteiger partial charge in [0.15, 0.2) is 5.82 Å². The summed E-state index contributed by atoms with van der Waals surface area (Å²) in [4.78, 5) is 13.5. The largest absolute Gasteiger partial charge is 0.312 e. The van der Waals surface area contributed by atoms with Gasteiger partial charge in [-0.15, -0.1) is 0 Å². The molecule has 17 heavy (non-hydrogen) atoms. The summed E-state index contributed by atoms with van der Waals surface area (Å²) < 4.78 is 0. The molecule has 0 radical (unpaired) electrons. The molecule has 0 bridgehead atoms. The molecule has 3 heterocycles. The van der Waals surface area contributed by atoms with Crippen molar-refractivity contribution in [2.75, 3.05) is 6.54 Å². The average molecular weight is 226 g/mol. The van der Waals surface area contributed by atoms with Crippen LogP contribution in [0.1, 0.15) is 17.0 Å². The molecule has 4 nitrogen and oxygen atoms in total. The number of fused-ring (bicyclic) bond motifs is 1. The minimum absolute atomic E-state index is 0.740. The van der Waals surface area contributed by atoms with E-state index in [9.17, 15) is 0 Å². The highest BCUT2D eigenvalue weighted by Crippen LogP contribution is 2.19. The molecule has 1 N–H and O–H groups in total. The summed E-state index contributed by atoms with van der Waals surface area (Å²) in [5.74, 6) is 0.740. The highest BCUT2D eigenvalue weighted by atomic mass is 15.0. The van der Waals surface area contributed by atoms with E-state index < -0.39 is 0 Å². The van der Waals surface area contributed by atoms with Crippen LogP contribution in [0.25, 0.3) is 11.5 Å². The van der Waals surface area contributed by atoms with Gasteiger partial charge in [-0.1, -0.05) is 6.07 Å². The SMILES string of the molecule is Cc1nc(-c2ccccn2)nc2c1CNCC2. The van der Waals surface area contributed by atoms with E-state index in [4.69, 9.17) is 0 Å². The molecule has 0 fully saturated rings. The molecule has 1 aliphatic rings. The van der Waals surface area contributed by atoms with E-state index in [1.807, 2.05) is 25.1 Å². The minimum atomic E-state index is 0.740. The van der Waals surface area contributed by atoms with Gasteiger partial charge in [-0.25, -0.2) is 9.97 Å². The first kappa shape index (κ1) is 10.4. The number of nitrogens with zero attached hydrogens (tertiary/aromatic N) is 3. The average Bonchev–Trinajstić information content (AvgIpc) is 2.40. The Hall–Kier alpha value is -1.81. The monoisotopic (exact) mass is 226 g/mol. The van der Waals surface area contributed by atoms with Crippen molar-refractivity contribution in [1.82, 2.24) is 20.3 Å². The first-order valence-electron chi connectivity index (χ1n) is 5.83. The fraction of sp³-hybridized carbons (Fsp3) is 0.308. The van der Waals surface area contributed by atoms with Crippen LogP contribution >= 0.6 is 0 Å². The molecule has 2 aromatic heterocycles. The Morgan fingerprint density at radius 3 is 3.00 bits per heavy atom. The van der Waals surface area contributed by atoms with Crippen molar-refractivity contribution >= 4 is 0 Å². The van der Waals surface area contributed by atoms with Gasteiger partial charge in [0, 0.05) is 37.0 Å². The first-order chi connectivity index (χ1) is 8.34. The van der Waals surface area contributed by atoms with Gasteiger partial charge in [-0.2, -0.15) is 0 Å². The van der Waals surface area contributed by atoms with Crippen molar-refractivity contribution in [3.8, 4) is 11.5 Å². The van der Waals surface area contributed by atoms with E-state index in [2.05, 4.69) is 20.3 Å². The summed E-state index contributed by atoms with van der Waals surface area (Å²) in [7, 11) is 0. The second kappa shape index (κ2) is 4.22. The third-order valence-electron chi connectivity index (χ3n) is 3.03. The zero-order valence-electron chi connectivity index (χ0n) is 9.77. The lowest BCUT2D eigenvalue weighted by atomic mass is 10.1. The molecular formula is C13H14N4. The second-order valence-electron chi connectivity index (χ2n) is 4.20. The van der Waals surface area contributed by atoms with Gasteiger partial charge in [-0.3, -0.25) is 4.98 Å². The summed E-state index contributed by atoms with van der Waals surface area (Å²) in [6.45, 7) is 3.91. The summed E-state index contributed by atoms with van der Waals surface area (Å²) >= 11 is 0. The molecule has 4 heteroatoms. The predicted molar refractivity (Wildman–Crippen MR) is 65.4 cm³/mol. The van der Waals surface area contributed by atoms with Crippen LogP contribution in [0.3, 0.4) is 0 Å². The quantitative estimate of drug-likeness (QED) is 0.800. The molecule has 2 aromatic rings. The molecule has 86 valence electrons. The highest BCUT2D eigenvalue weighted by Gasteiger charge is 2.15. The standard InChI is InChI=1S/C13H14N4/c1-9-10-8-14-7-5-11(10)17-13(16-9)12-4-2-3-6-15-12/h2-4,6,14H,5,7-8H2,1H3. The molecule has 0 atom stereocenters. The molecule has 0 aromatic carbocycles. The normalized spacial score (nSPS) is 14.4. The van der Waals surface area contributed by atoms with Gasteiger partial charge in [-0.05, 0) is 19.1 Å². The fourth-order valence-corrected chi connectivity index (χ4v) is 2.12. The summed E-state index contributed by atoms with van der Waals surface area (Å²) in [6, 6.07) is 5.81. The predicted octanol–water partition coefficient (Wildman–Crippen LogP) is 1.49. The number of nitrogens with one attached hydrogen (secondary N) is 1. The van der Waals surface area contributed by atoms with E-state index in [1.165, 1.54) is 5.56 Å². The Bertz CT molecular complexity index is 537. The van der Waals surface area contributed by atoms with Crippen LogP contribution in [0, 0.1) is 6.92 Å². The maximum atomic E-state index is 4.63. The van der Waals surface area contributed by atoms with Gasteiger partial charge in [0.25, 0.3) is 0 Å². The van der Waals surface area contributed by atoms with Gasteiger partial charge in [0.05, 0.1) is 5.69 Å². The van der Waals surface area contributed by atoms with E-state index >= 15 is 0 Å². The molecule has 3 rings (SSSR count). The smallest absolute Gasteiger partial charge is 0.178 e. The number of aromatic nitrogens is 3. The Morgan fingerprint density at radius 2 is 2.18 bits per heavy atom. The highest BCUT2D eigenvalue weighted by molar-refractivity contribution is 5.50. The van der Waals surface area contributed by atoms with Crippen LogP contribution in [0.4, 0.5) is 0 Å². The molecule has 0 amide bonds. The van der Waals surface area contributed by atoms with E-state index in [-0.39, 0.29) is 0 Å².